The molecule has 1 aliphatic carbocycles. The fraction of sp³-hybridized carbons (Fsp3) is 0.833. The van der Waals surface area contributed by atoms with Gasteiger partial charge in [-0.25, -0.2) is 0 Å². The van der Waals surface area contributed by atoms with Crippen molar-refractivity contribution in [2.24, 2.45) is 5.92 Å². The first kappa shape index (κ1) is 15.5. The van der Waals surface area contributed by atoms with Crippen molar-refractivity contribution in [3.63, 3.8) is 0 Å². The topological polar surface area (TPSA) is 58.0 Å². The van der Waals surface area contributed by atoms with E-state index in [4.69, 9.17) is 0 Å². The van der Waals surface area contributed by atoms with Crippen molar-refractivity contribution in [3.05, 3.63) is 5.01 Å². The van der Waals surface area contributed by atoms with Gasteiger partial charge in [0.25, 0.3) is 0 Å². The summed E-state index contributed by atoms with van der Waals surface area (Å²) in [4.78, 5) is 0. The number of aromatic nitrogens is 2. The third-order valence-corrected chi connectivity index (χ3v) is 4.78. The van der Waals surface area contributed by atoms with E-state index in [1.807, 2.05) is 0 Å². The zero-order chi connectivity index (χ0) is 14.8. The van der Waals surface area contributed by atoms with Gasteiger partial charge in [-0.1, -0.05) is 24.7 Å². The van der Waals surface area contributed by atoms with Gasteiger partial charge >= 0.3 is 6.18 Å². The Morgan fingerprint density at radius 2 is 2.00 bits per heavy atom. The predicted molar refractivity (Wildman–Crippen MR) is 70.6 cm³/mol. The molecule has 0 amide bonds. The van der Waals surface area contributed by atoms with Crippen molar-refractivity contribution in [1.29, 1.82) is 0 Å². The fourth-order valence-corrected chi connectivity index (χ4v) is 3.06. The number of halogens is 3. The number of nitrogens with one attached hydrogen (secondary N) is 1. The molecule has 0 atom stereocenters. The van der Waals surface area contributed by atoms with Crippen LogP contribution in [-0.4, -0.2) is 27.4 Å². The third-order valence-electron chi connectivity index (χ3n) is 3.85. The summed E-state index contributed by atoms with van der Waals surface area (Å²) in [5.41, 5.74) is -0.851. The summed E-state index contributed by atoms with van der Waals surface area (Å²) in [5, 5.41) is 18.8. The van der Waals surface area contributed by atoms with Crippen molar-refractivity contribution < 1.29 is 18.3 Å². The van der Waals surface area contributed by atoms with Crippen molar-refractivity contribution in [3.8, 4) is 0 Å². The number of rotatable bonds is 4. The third kappa shape index (κ3) is 3.82. The molecule has 0 aromatic carbocycles. The Hall–Kier alpha value is -0.890. The van der Waals surface area contributed by atoms with E-state index in [2.05, 4.69) is 22.4 Å². The molecule has 2 N–H and O–H groups in total. The van der Waals surface area contributed by atoms with Crippen LogP contribution in [0.15, 0.2) is 0 Å². The van der Waals surface area contributed by atoms with Crippen LogP contribution in [0.4, 0.5) is 18.3 Å². The monoisotopic (exact) mass is 309 g/mol. The Morgan fingerprint density at radius 3 is 2.50 bits per heavy atom. The summed E-state index contributed by atoms with van der Waals surface area (Å²) < 4.78 is 37.2. The van der Waals surface area contributed by atoms with Gasteiger partial charge in [-0.3, -0.25) is 0 Å². The van der Waals surface area contributed by atoms with Crippen LogP contribution >= 0.6 is 11.3 Å². The molecular formula is C12H18F3N3OS. The molecule has 1 aliphatic rings. The Bertz CT molecular complexity index is 441. The number of aliphatic hydroxyl groups is 1. The number of alkyl halides is 3. The molecule has 1 aromatic heterocycles. The van der Waals surface area contributed by atoms with Gasteiger partial charge in [-0.2, -0.15) is 13.2 Å². The van der Waals surface area contributed by atoms with Gasteiger partial charge in [0.15, 0.2) is 0 Å². The average molecular weight is 309 g/mol. The number of hydrogen-bond acceptors (Lipinski definition) is 5. The summed E-state index contributed by atoms with van der Waals surface area (Å²) in [6, 6.07) is 0. The summed E-state index contributed by atoms with van der Waals surface area (Å²) in [6.07, 6.45) is -0.105. The van der Waals surface area contributed by atoms with Crippen LogP contribution in [0.2, 0.25) is 0 Å². The predicted octanol–water partition coefficient (Wildman–Crippen LogP) is 3.30. The molecule has 114 valence electrons. The Morgan fingerprint density at radius 1 is 1.35 bits per heavy atom. The smallest absolute Gasteiger partial charge is 0.388 e. The van der Waals surface area contributed by atoms with E-state index in [0.29, 0.717) is 30.1 Å². The van der Waals surface area contributed by atoms with Crippen molar-refractivity contribution in [2.75, 3.05) is 11.9 Å². The lowest BCUT2D eigenvalue weighted by molar-refractivity contribution is -0.138. The lowest BCUT2D eigenvalue weighted by Crippen LogP contribution is -2.40. The largest absolute Gasteiger partial charge is 0.445 e. The van der Waals surface area contributed by atoms with E-state index < -0.39 is 16.8 Å². The molecule has 0 radical (unpaired) electrons. The van der Waals surface area contributed by atoms with E-state index in [0.717, 1.165) is 19.3 Å². The summed E-state index contributed by atoms with van der Waals surface area (Å²) in [6.45, 7) is 2.35. The summed E-state index contributed by atoms with van der Waals surface area (Å²) in [5.74, 6) is 0.647. The second-order valence-electron chi connectivity index (χ2n) is 5.34. The number of hydrogen-bond donors (Lipinski definition) is 2. The Balaban J connectivity index is 1.87. The average Bonchev–Trinajstić information content (AvgIpc) is 2.86. The minimum Gasteiger partial charge on any atom is -0.388 e. The minimum atomic E-state index is -4.46. The summed E-state index contributed by atoms with van der Waals surface area (Å²) >= 11 is 0.463. The second kappa shape index (κ2) is 5.85. The van der Waals surface area contributed by atoms with E-state index in [9.17, 15) is 18.3 Å². The highest BCUT2D eigenvalue weighted by Crippen LogP contribution is 2.35. The number of nitrogens with zero attached hydrogens (tertiary/aromatic N) is 2. The molecule has 0 spiro atoms. The Labute approximate surface area is 119 Å². The van der Waals surface area contributed by atoms with Crippen molar-refractivity contribution in [1.82, 2.24) is 10.2 Å². The minimum absolute atomic E-state index is 0.100. The number of anilines is 1. The van der Waals surface area contributed by atoms with Gasteiger partial charge in [0, 0.05) is 6.54 Å². The molecule has 0 aliphatic heterocycles. The van der Waals surface area contributed by atoms with Gasteiger partial charge in [0.1, 0.15) is 0 Å². The van der Waals surface area contributed by atoms with Gasteiger partial charge in [0.05, 0.1) is 5.60 Å². The maximum atomic E-state index is 12.4. The lowest BCUT2D eigenvalue weighted by Gasteiger charge is -2.35. The second-order valence-corrected chi connectivity index (χ2v) is 6.32. The zero-order valence-electron chi connectivity index (χ0n) is 11.2. The lowest BCUT2D eigenvalue weighted by atomic mass is 9.78. The van der Waals surface area contributed by atoms with Crippen LogP contribution in [0.5, 0.6) is 0 Å². The van der Waals surface area contributed by atoms with Crippen LogP contribution in [-0.2, 0) is 6.18 Å². The maximum Gasteiger partial charge on any atom is 0.445 e. The maximum absolute atomic E-state index is 12.4. The van der Waals surface area contributed by atoms with Gasteiger partial charge in [-0.15, -0.1) is 10.2 Å². The van der Waals surface area contributed by atoms with Gasteiger partial charge < -0.3 is 10.4 Å². The molecule has 1 heterocycles. The molecule has 1 aromatic rings. The van der Waals surface area contributed by atoms with E-state index in [1.54, 1.807) is 0 Å². The molecule has 4 nitrogen and oxygen atoms in total. The highest BCUT2D eigenvalue weighted by atomic mass is 32.1. The molecular weight excluding hydrogens is 291 g/mol. The molecule has 8 heteroatoms. The van der Waals surface area contributed by atoms with E-state index in [1.165, 1.54) is 0 Å². The van der Waals surface area contributed by atoms with Crippen LogP contribution in [0, 0.1) is 5.92 Å². The zero-order valence-corrected chi connectivity index (χ0v) is 12.0. The van der Waals surface area contributed by atoms with Crippen molar-refractivity contribution in [2.45, 2.75) is 50.8 Å². The first-order chi connectivity index (χ1) is 9.32. The molecule has 1 saturated carbocycles. The first-order valence-electron chi connectivity index (χ1n) is 6.69. The molecule has 1 fully saturated rings. The quantitative estimate of drug-likeness (QED) is 0.896. The molecule has 0 saturated heterocycles. The highest BCUT2D eigenvalue weighted by molar-refractivity contribution is 7.15. The molecule has 0 bridgehead atoms. The van der Waals surface area contributed by atoms with Crippen LogP contribution in [0.25, 0.3) is 0 Å². The Kier molecular flexibility index (Phi) is 4.53. The van der Waals surface area contributed by atoms with Gasteiger partial charge in [0.2, 0.25) is 10.1 Å². The highest BCUT2D eigenvalue weighted by Gasteiger charge is 2.36. The SMILES string of the molecule is CCC1CCC(O)(CNc2nnc(C(F)(F)F)s2)CC1. The van der Waals surface area contributed by atoms with E-state index in [-0.39, 0.29) is 11.7 Å². The fourth-order valence-electron chi connectivity index (χ4n) is 2.45. The summed E-state index contributed by atoms with van der Waals surface area (Å²) in [7, 11) is 0. The molecule has 20 heavy (non-hydrogen) atoms. The van der Waals surface area contributed by atoms with Crippen molar-refractivity contribution >= 4 is 16.5 Å². The van der Waals surface area contributed by atoms with Crippen LogP contribution in [0.1, 0.15) is 44.0 Å². The molecule has 0 unspecified atom stereocenters. The van der Waals surface area contributed by atoms with E-state index >= 15 is 0 Å². The standard InChI is InChI=1S/C12H18F3N3OS/c1-2-8-3-5-11(19,6-4-8)7-16-10-18-17-9(20-10)12(13,14)15/h8,19H,2-7H2,1H3,(H,16,18). The normalized spacial score (nSPS) is 27.6. The first-order valence-corrected chi connectivity index (χ1v) is 7.51. The molecule has 2 rings (SSSR count). The van der Waals surface area contributed by atoms with Crippen LogP contribution < -0.4 is 5.32 Å². The van der Waals surface area contributed by atoms with Gasteiger partial charge in [-0.05, 0) is 31.6 Å². The van der Waals surface area contributed by atoms with Crippen LogP contribution in [0.3, 0.4) is 0 Å².